The number of nitrogens with zero attached hydrogens (tertiary/aromatic N) is 1. The molecular weight excluding hydrogens is 340 g/mol. The fourth-order valence-electron chi connectivity index (χ4n) is 2.74. The first kappa shape index (κ1) is 17.1. The molecule has 0 spiro atoms. The van der Waals surface area contributed by atoms with E-state index in [0.717, 1.165) is 16.3 Å². The van der Waals surface area contributed by atoms with Gasteiger partial charge in [-0.2, -0.15) is 0 Å². The number of hydrogen-bond acceptors (Lipinski definition) is 4. The molecule has 0 aliphatic heterocycles. The molecule has 0 aliphatic rings. The molecule has 0 radical (unpaired) electrons. The van der Waals surface area contributed by atoms with Crippen LogP contribution >= 0.6 is 0 Å². The number of nitro benzene ring substituents is 1. The van der Waals surface area contributed by atoms with E-state index in [1.165, 1.54) is 24.3 Å². The predicted octanol–water partition coefficient (Wildman–Crippen LogP) is 3.79. The largest absolute Gasteiger partial charge is 0.269 e. The van der Waals surface area contributed by atoms with Gasteiger partial charge in [-0.05, 0) is 35.4 Å². The fraction of sp³-hybridized carbons (Fsp3) is 0.111. The summed E-state index contributed by atoms with van der Waals surface area (Å²) < 4.78 is 27.7. The van der Waals surface area contributed by atoms with Crippen LogP contribution in [-0.4, -0.2) is 13.3 Å². The second kappa shape index (κ2) is 6.62. The second-order valence-corrected chi connectivity index (χ2v) is 7.38. The zero-order chi connectivity index (χ0) is 18.0. The lowest BCUT2D eigenvalue weighted by Crippen LogP contribution is -2.27. The van der Waals surface area contributed by atoms with E-state index in [1.54, 1.807) is 6.92 Å². The van der Waals surface area contributed by atoms with Gasteiger partial charge < -0.3 is 0 Å². The first-order valence-corrected chi connectivity index (χ1v) is 9.11. The van der Waals surface area contributed by atoms with Gasteiger partial charge in [-0.1, -0.05) is 42.5 Å². The van der Waals surface area contributed by atoms with Gasteiger partial charge in [-0.15, -0.1) is 0 Å². The Morgan fingerprint density at radius 1 is 0.960 bits per heavy atom. The lowest BCUT2D eigenvalue weighted by molar-refractivity contribution is -0.384. The Morgan fingerprint density at radius 2 is 1.60 bits per heavy atom. The van der Waals surface area contributed by atoms with Crippen LogP contribution in [0.3, 0.4) is 0 Å². The van der Waals surface area contributed by atoms with Crippen LogP contribution in [0.5, 0.6) is 0 Å². The van der Waals surface area contributed by atoms with Gasteiger partial charge in [0.05, 0.1) is 9.82 Å². The molecule has 3 aromatic carbocycles. The lowest BCUT2D eigenvalue weighted by Gasteiger charge is -2.17. The molecule has 0 saturated carbocycles. The molecule has 0 bridgehead atoms. The first-order valence-electron chi connectivity index (χ1n) is 7.63. The Labute approximate surface area is 145 Å². The Morgan fingerprint density at radius 3 is 2.28 bits per heavy atom. The molecule has 0 aromatic heterocycles. The molecule has 0 aliphatic carbocycles. The van der Waals surface area contributed by atoms with Crippen LogP contribution in [0.25, 0.3) is 10.8 Å². The third-order valence-corrected chi connectivity index (χ3v) is 5.54. The zero-order valence-corrected chi connectivity index (χ0v) is 14.2. The third kappa shape index (κ3) is 3.52. The minimum Gasteiger partial charge on any atom is -0.258 e. The number of benzene rings is 3. The van der Waals surface area contributed by atoms with Crippen molar-refractivity contribution in [2.45, 2.75) is 17.9 Å². The van der Waals surface area contributed by atoms with Crippen LogP contribution in [0.2, 0.25) is 0 Å². The van der Waals surface area contributed by atoms with Crippen LogP contribution in [-0.2, 0) is 10.0 Å². The Bertz CT molecular complexity index is 1030. The number of rotatable bonds is 5. The van der Waals surface area contributed by atoms with Crippen molar-refractivity contribution in [1.29, 1.82) is 0 Å². The molecule has 3 rings (SSSR count). The van der Waals surface area contributed by atoms with E-state index in [2.05, 4.69) is 4.72 Å². The van der Waals surface area contributed by atoms with Crippen LogP contribution in [0.15, 0.2) is 71.6 Å². The SMILES string of the molecule is C[C@@H](NS(=O)(=O)c1ccc([N+](=O)[O-])cc1)c1cccc2ccccc12. The summed E-state index contributed by atoms with van der Waals surface area (Å²) in [6, 6.07) is 17.8. The molecule has 3 aromatic rings. The van der Waals surface area contributed by atoms with Crippen molar-refractivity contribution in [3.05, 3.63) is 82.4 Å². The van der Waals surface area contributed by atoms with Gasteiger partial charge >= 0.3 is 0 Å². The first-order chi connectivity index (χ1) is 11.9. The Kier molecular flexibility index (Phi) is 4.52. The van der Waals surface area contributed by atoms with Gasteiger partial charge in [0.25, 0.3) is 5.69 Å². The molecule has 0 saturated heterocycles. The quantitative estimate of drug-likeness (QED) is 0.556. The van der Waals surface area contributed by atoms with Crippen molar-refractivity contribution in [3.8, 4) is 0 Å². The maximum absolute atomic E-state index is 12.6. The highest BCUT2D eigenvalue weighted by Gasteiger charge is 2.20. The average Bonchev–Trinajstić information content (AvgIpc) is 2.61. The van der Waals surface area contributed by atoms with Gasteiger partial charge in [0.15, 0.2) is 0 Å². The van der Waals surface area contributed by atoms with Gasteiger partial charge in [0, 0.05) is 18.2 Å². The highest BCUT2D eigenvalue weighted by Crippen LogP contribution is 2.25. The van der Waals surface area contributed by atoms with Crippen molar-refractivity contribution in [2.75, 3.05) is 0 Å². The van der Waals surface area contributed by atoms with Gasteiger partial charge in [-0.25, -0.2) is 13.1 Å². The van der Waals surface area contributed by atoms with E-state index in [-0.39, 0.29) is 10.6 Å². The maximum Gasteiger partial charge on any atom is 0.269 e. The zero-order valence-electron chi connectivity index (χ0n) is 13.4. The maximum atomic E-state index is 12.6. The number of nitro groups is 1. The number of sulfonamides is 1. The summed E-state index contributed by atoms with van der Waals surface area (Å²) in [4.78, 5) is 10.1. The molecule has 1 N–H and O–H groups in total. The van der Waals surface area contributed by atoms with E-state index in [1.807, 2.05) is 42.5 Å². The van der Waals surface area contributed by atoms with Crippen LogP contribution in [0, 0.1) is 10.1 Å². The summed E-state index contributed by atoms with van der Waals surface area (Å²) in [5.74, 6) is 0. The van der Waals surface area contributed by atoms with E-state index >= 15 is 0 Å². The van der Waals surface area contributed by atoms with Crippen LogP contribution < -0.4 is 4.72 Å². The number of hydrogen-bond donors (Lipinski definition) is 1. The van der Waals surface area contributed by atoms with E-state index in [9.17, 15) is 18.5 Å². The monoisotopic (exact) mass is 356 g/mol. The topological polar surface area (TPSA) is 89.3 Å². The van der Waals surface area contributed by atoms with Crippen molar-refractivity contribution in [2.24, 2.45) is 0 Å². The van der Waals surface area contributed by atoms with Crippen molar-refractivity contribution >= 4 is 26.5 Å². The summed E-state index contributed by atoms with van der Waals surface area (Å²) in [6.45, 7) is 1.77. The van der Waals surface area contributed by atoms with Crippen LogP contribution in [0.1, 0.15) is 18.5 Å². The summed E-state index contributed by atoms with van der Waals surface area (Å²) in [6.07, 6.45) is 0. The van der Waals surface area contributed by atoms with Crippen molar-refractivity contribution < 1.29 is 13.3 Å². The molecule has 6 nitrogen and oxygen atoms in total. The smallest absolute Gasteiger partial charge is 0.258 e. The summed E-state index contributed by atoms with van der Waals surface area (Å²) in [7, 11) is -3.79. The van der Waals surface area contributed by atoms with Crippen LogP contribution in [0.4, 0.5) is 5.69 Å². The van der Waals surface area contributed by atoms with E-state index < -0.39 is 21.0 Å². The lowest BCUT2D eigenvalue weighted by atomic mass is 10.0. The Hall–Kier alpha value is -2.77. The highest BCUT2D eigenvalue weighted by atomic mass is 32.2. The summed E-state index contributed by atoms with van der Waals surface area (Å²) in [5.41, 5.74) is 0.713. The van der Waals surface area contributed by atoms with Crippen molar-refractivity contribution in [3.63, 3.8) is 0 Å². The van der Waals surface area contributed by atoms with E-state index in [0.29, 0.717) is 0 Å². The second-order valence-electron chi connectivity index (χ2n) is 5.66. The summed E-state index contributed by atoms with van der Waals surface area (Å²) >= 11 is 0. The van der Waals surface area contributed by atoms with Gasteiger partial charge in [0.2, 0.25) is 10.0 Å². The van der Waals surface area contributed by atoms with Gasteiger partial charge in [-0.3, -0.25) is 10.1 Å². The van der Waals surface area contributed by atoms with Crippen molar-refractivity contribution in [1.82, 2.24) is 4.72 Å². The molecule has 7 heteroatoms. The molecular formula is C18H16N2O4S. The normalized spacial score (nSPS) is 12.8. The summed E-state index contributed by atoms with van der Waals surface area (Å²) in [5, 5.41) is 12.7. The third-order valence-electron chi connectivity index (χ3n) is 3.98. The van der Waals surface area contributed by atoms with Gasteiger partial charge in [0.1, 0.15) is 0 Å². The number of fused-ring (bicyclic) bond motifs is 1. The number of nitrogens with one attached hydrogen (secondary N) is 1. The molecule has 0 heterocycles. The molecule has 128 valence electrons. The molecule has 0 fully saturated rings. The minimum atomic E-state index is -3.79. The molecule has 0 unspecified atom stereocenters. The minimum absolute atomic E-state index is 0.00909. The molecule has 0 amide bonds. The predicted molar refractivity (Wildman–Crippen MR) is 95.8 cm³/mol. The average molecular weight is 356 g/mol. The Balaban J connectivity index is 1.90. The van der Waals surface area contributed by atoms with E-state index in [4.69, 9.17) is 0 Å². The molecule has 25 heavy (non-hydrogen) atoms. The fourth-order valence-corrected chi connectivity index (χ4v) is 3.96. The standard InChI is InChI=1S/C18H16N2O4S/c1-13(17-8-4-6-14-5-2-3-7-18(14)17)19-25(23,24)16-11-9-15(10-12-16)20(21)22/h2-13,19H,1H3/t13-/m1/s1. The number of non-ortho nitro benzene ring substituents is 1. The molecule has 1 atom stereocenters. The highest BCUT2D eigenvalue weighted by molar-refractivity contribution is 7.89.